The van der Waals surface area contributed by atoms with Crippen molar-refractivity contribution in [3.63, 3.8) is 0 Å². The van der Waals surface area contributed by atoms with E-state index >= 15 is 0 Å². The number of aromatic nitrogens is 1. The van der Waals surface area contributed by atoms with Gasteiger partial charge in [0.05, 0.1) is 0 Å². The van der Waals surface area contributed by atoms with Crippen molar-refractivity contribution in [2.45, 2.75) is 6.42 Å². The Labute approximate surface area is 118 Å². The first kappa shape index (κ1) is 15.7. The average Bonchev–Trinajstić information content (AvgIpc) is 2.44. The maximum absolute atomic E-state index is 12.1. The van der Waals surface area contributed by atoms with Crippen LogP contribution >= 0.6 is 0 Å². The van der Waals surface area contributed by atoms with Crippen LogP contribution in [0.15, 0.2) is 37.1 Å². The molecule has 0 fully saturated rings. The molecular weight excluding hydrogens is 258 g/mol. The molecule has 0 saturated heterocycles. The Balaban J connectivity index is 2.55. The van der Waals surface area contributed by atoms with Gasteiger partial charge < -0.3 is 14.9 Å². The van der Waals surface area contributed by atoms with Crippen LogP contribution in [0.2, 0.25) is 0 Å². The number of hydrogen-bond acceptors (Lipinski definition) is 3. The van der Waals surface area contributed by atoms with Gasteiger partial charge in [-0.1, -0.05) is 12.1 Å². The van der Waals surface area contributed by atoms with E-state index < -0.39 is 5.97 Å². The summed E-state index contributed by atoms with van der Waals surface area (Å²) in [7, 11) is 1.64. The number of likely N-dealkylation sites (N-methyl/N-ethyl adjacent to an activating group) is 1. The second kappa shape index (κ2) is 7.93. The molecule has 0 spiro atoms. The quantitative estimate of drug-likeness (QED) is 0.761. The molecule has 1 rings (SSSR count). The van der Waals surface area contributed by atoms with Gasteiger partial charge in [-0.3, -0.25) is 9.78 Å². The molecule has 0 atom stereocenters. The lowest BCUT2D eigenvalue weighted by atomic mass is 10.2. The molecule has 0 bridgehead atoms. The van der Waals surface area contributed by atoms with Crippen molar-refractivity contribution in [1.82, 2.24) is 14.8 Å². The molecular formula is C14H19N3O3. The number of carbonyl (C=O) groups excluding carboxylic acids is 1. The van der Waals surface area contributed by atoms with Crippen molar-refractivity contribution in [2.24, 2.45) is 0 Å². The zero-order valence-corrected chi connectivity index (χ0v) is 11.5. The molecule has 0 saturated carbocycles. The number of aliphatic carboxylic acids is 1. The van der Waals surface area contributed by atoms with Crippen molar-refractivity contribution in [1.29, 1.82) is 0 Å². The summed E-state index contributed by atoms with van der Waals surface area (Å²) in [4.78, 5) is 29.7. The molecule has 108 valence electrons. The topological polar surface area (TPSA) is 73.7 Å². The number of amides is 2. The van der Waals surface area contributed by atoms with Gasteiger partial charge in [0.25, 0.3) is 0 Å². The molecule has 1 heterocycles. The Morgan fingerprint density at radius 1 is 1.45 bits per heavy atom. The molecule has 6 heteroatoms. The third-order valence-electron chi connectivity index (χ3n) is 2.70. The summed E-state index contributed by atoms with van der Waals surface area (Å²) in [5.41, 5.74) is 0.889. The van der Waals surface area contributed by atoms with Gasteiger partial charge in [-0.05, 0) is 12.1 Å². The lowest BCUT2D eigenvalue weighted by Gasteiger charge is -2.26. The molecule has 0 aliphatic heterocycles. The Bertz CT molecular complexity index is 462. The summed E-state index contributed by atoms with van der Waals surface area (Å²) < 4.78 is 0. The van der Waals surface area contributed by atoms with Crippen LogP contribution in [0.4, 0.5) is 4.79 Å². The van der Waals surface area contributed by atoms with Crippen molar-refractivity contribution >= 4 is 12.0 Å². The Hall–Kier alpha value is -2.37. The Morgan fingerprint density at radius 2 is 2.20 bits per heavy atom. The van der Waals surface area contributed by atoms with Crippen LogP contribution in [-0.2, 0) is 11.2 Å². The molecule has 0 aromatic carbocycles. The SMILES string of the molecule is C=CCN(CC(=O)O)C(=O)N(C)CCc1ccccn1. The van der Waals surface area contributed by atoms with E-state index in [0.717, 1.165) is 5.69 Å². The highest BCUT2D eigenvalue weighted by Crippen LogP contribution is 2.01. The van der Waals surface area contributed by atoms with Gasteiger partial charge in [0, 0.05) is 38.4 Å². The van der Waals surface area contributed by atoms with E-state index in [4.69, 9.17) is 5.11 Å². The maximum Gasteiger partial charge on any atom is 0.323 e. The van der Waals surface area contributed by atoms with Crippen LogP contribution in [0.5, 0.6) is 0 Å². The number of pyridine rings is 1. The molecule has 0 aliphatic carbocycles. The monoisotopic (exact) mass is 277 g/mol. The maximum atomic E-state index is 12.1. The number of nitrogens with zero attached hydrogens (tertiary/aromatic N) is 3. The van der Waals surface area contributed by atoms with E-state index in [1.807, 2.05) is 18.2 Å². The molecule has 1 N–H and O–H groups in total. The standard InChI is InChI=1S/C14H19N3O3/c1-3-9-17(11-13(18)19)14(20)16(2)10-7-12-6-4-5-8-15-12/h3-6,8H,1,7,9-11H2,2H3,(H,18,19). The van der Waals surface area contributed by atoms with Crippen LogP contribution in [0.25, 0.3) is 0 Å². The van der Waals surface area contributed by atoms with E-state index in [2.05, 4.69) is 11.6 Å². The van der Waals surface area contributed by atoms with Crippen molar-refractivity contribution < 1.29 is 14.7 Å². The fourth-order valence-corrected chi connectivity index (χ4v) is 1.69. The Kier molecular flexibility index (Phi) is 6.22. The molecule has 20 heavy (non-hydrogen) atoms. The molecule has 2 amide bonds. The fraction of sp³-hybridized carbons (Fsp3) is 0.357. The zero-order valence-electron chi connectivity index (χ0n) is 11.5. The van der Waals surface area contributed by atoms with E-state index in [1.54, 1.807) is 13.2 Å². The van der Waals surface area contributed by atoms with E-state index in [-0.39, 0.29) is 19.1 Å². The van der Waals surface area contributed by atoms with E-state index in [1.165, 1.54) is 15.9 Å². The van der Waals surface area contributed by atoms with Gasteiger partial charge in [-0.25, -0.2) is 4.79 Å². The zero-order chi connectivity index (χ0) is 15.0. The van der Waals surface area contributed by atoms with Crippen LogP contribution in [0, 0.1) is 0 Å². The third-order valence-corrected chi connectivity index (χ3v) is 2.70. The van der Waals surface area contributed by atoms with Crippen molar-refractivity contribution in [3.8, 4) is 0 Å². The molecule has 1 aromatic rings. The van der Waals surface area contributed by atoms with Gasteiger partial charge in [0.1, 0.15) is 6.54 Å². The highest BCUT2D eigenvalue weighted by Gasteiger charge is 2.19. The molecule has 0 radical (unpaired) electrons. The van der Waals surface area contributed by atoms with E-state index in [0.29, 0.717) is 13.0 Å². The number of carboxylic acid groups (broad SMARTS) is 1. The number of urea groups is 1. The van der Waals surface area contributed by atoms with Crippen LogP contribution in [-0.4, -0.2) is 58.6 Å². The minimum Gasteiger partial charge on any atom is -0.480 e. The fourth-order valence-electron chi connectivity index (χ4n) is 1.69. The first-order valence-corrected chi connectivity index (χ1v) is 6.27. The van der Waals surface area contributed by atoms with Gasteiger partial charge in [-0.2, -0.15) is 0 Å². The first-order chi connectivity index (χ1) is 9.54. The molecule has 1 aromatic heterocycles. The smallest absolute Gasteiger partial charge is 0.323 e. The molecule has 6 nitrogen and oxygen atoms in total. The summed E-state index contributed by atoms with van der Waals surface area (Å²) in [6, 6.07) is 5.27. The molecule has 0 aliphatic rings. The first-order valence-electron chi connectivity index (χ1n) is 6.27. The second-order valence-corrected chi connectivity index (χ2v) is 4.34. The van der Waals surface area contributed by atoms with Gasteiger partial charge in [0.2, 0.25) is 0 Å². The highest BCUT2D eigenvalue weighted by atomic mass is 16.4. The summed E-state index contributed by atoms with van der Waals surface area (Å²) in [6.45, 7) is 3.88. The highest BCUT2D eigenvalue weighted by molar-refractivity contribution is 5.80. The summed E-state index contributed by atoms with van der Waals surface area (Å²) in [6.07, 6.45) is 3.83. The normalized spacial score (nSPS) is 9.85. The summed E-state index contributed by atoms with van der Waals surface area (Å²) >= 11 is 0. The average molecular weight is 277 g/mol. The van der Waals surface area contributed by atoms with Crippen molar-refractivity contribution in [3.05, 3.63) is 42.7 Å². The number of carbonyl (C=O) groups is 2. The number of rotatable bonds is 7. The Morgan fingerprint density at radius 3 is 2.75 bits per heavy atom. The summed E-state index contributed by atoms with van der Waals surface area (Å²) in [5, 5.41) is 8.79. The number of hydrogen-bond donors (Lipinski definition) is 1. The third kappa shape index (κ3) is 5.09. The lowest BCUT2D eigenvalue weighted by molar-refractivity contribution is -0.137. The largest absolute Gasteiger partial charge is 0.480 e. The minimum atomic E-state index is -1.04. The number of carboxylic acids is 1. The lowest BCUT2D eigenvalue weighted by Crippen LogP contribution is -2.44. The van der Waals surface area contributed by atoms with Crippen LogP contribution < -0.4 is 0 Å². The second-order valence-electron chi connectivity index (χ2n) is 4.34. The van der Waals surface area contributed by atoms with Crippen LogP contribution in [0.3, 0.4) is 0 Å². The van der Waals surface area contributed by atoms with Gasteiger partial charge >= 0.3 is 12.0 Å². The van der Waals surface area contributed by atoms with Crippen molar-refractivity contribution in [2.75, 3.05) is 26.7 Å². The summed E-state index contributed by atoms with van der Waals surface area (Å²) in [5.74, 6) is -1.04. The van der Waals surface area contributed by atoms with Crippen LogP contribution in [0.1, 0.15) is 5.69 Å². The predicted molar refractivity (Wildman–Crippen MR) is 75.4 cm³/mol. The predicted octanol–water partition coefficient (Wildman–Crippen LogP) is 1.25. The van der Waals surface area contributed by atoms with Gasteiger partial charge in [0.15, 0.2) is 0 Å². The van der Waals surface area contributed by atoms with E-state index in [9.17, 15) is 9.59 Å². The van der Waals surface area contributed by atoms with Gasteiger partial charge in [-0.15, -0.1) is 6.58 Å². The minimum absolute atomic E-state index is 0.207. The molecule has 0 unspecified atom stereocenters.